The molecular weight excluding hydrogens is 276 g/mol. The van der Waals surface area contributed by atoms with Gasteiger partial charge >= 0.3 is 0 Å². The Morgan fingerprint density at radius 2 is 2.20 bits per heavy atom. The SMILES string of the molecule is COCc1ccccc1NC(=O)[C@H]1CCN[C@@H](C)C1.Cl. The minimum Gasteiger partial charge on any atom is -0.380 e. The van der Waals surface area contributed by atoms with Crippen molar-refractivity contribution < 1.29 is 9.53 Å². The van der Waals surface area contributed by atoms with Gasteiger partial charge in [-0.3, -0.25) is 4.79 Å². The fourth-order valence-corrected chi connectivity index (χ4v) is 2.53. The number of carbonyl (C=O) groups excluding carboxylic acids is 1. The lowest BCUT2D eigenvalue weighted by Gasteiger charge is -2.27. The van der Waals surface area contributed by atoms with Gasteiger partial charge in [0.2, 0.25) is 5.91 Å². The van der Waals surface area contributed by atoms with Crippen molar-refractivity contribution >= 4 is 24.0 Å². The maximum absolute atomic E-state index is 12.3. The number of amides is 1. The van der Waals surface area contributed by atoms with E-state index in [2.05, 4.69) is 17.6 Å². The molecule has 0 aromatic heterocycles. The third-order valence-corrected chi connectivity index (χ3v) is 3.57. The van der Waals surface area contributed by atoms with E-state index in [-0.39, 0.29) is 24.2 Å². The third-order valence-electron chi connectivity index (χ3n) is 3.57. The quantitative estimate of drug-likeness (QED) is 0.898. The highest BCUT2D eigenvalue weighted by Gasteiger charge is 2.24. The zero-order valence-corrected chi connectivity index (χ0v) is 12.8. The molecule has 0 spiro atoms. The zero-order valence-electron chi connectivity index (χ0n) is 12.0. The largest absolute Gasteiger partial charge is 0.380 e. The van der Waals surface area contributed by atoms with Crippen LogP contribution >= 0.6 is 12.4 Å². The molecule has 4 nitrogen and oxygen atoms in total. The first-order valence-corrected chi connectivity index (χ1v) is 6.81. The highest BCUT2D eigenvalue weighted by Crippen LogP contribution is 2.21. The van der Waals surface area contributed by atoms with Crippen molar-refractivity contribution in [2.24, 2.45) is 5.92 Å². The highest BCUT2D eigenvalue weighted by molar-refractivity contribution is 5.93. The topological polar surface area (TPSA) is 50.4 Å². The monoisotopic (exact) mass is 298 g/mol. The van der Waals surface area contributed by atoms with Gasteiger partial charge in [-0.05, 0) is 32.4 Å². The molecule has 1 amide bonds. The van der Waals surface area contributed by atoms with Gasteiger partial charge in [0.25, 0.3) is 0 Å². The van der Waals surface area contributed by atoms with Crippen LogP contribution in [-0.2, 0) is 16.1 Å². The van der Waals surface area contributed by atoms with Gasteiger partial charge in [-0.15, -0.1) is 12.4 Å². The van der Waals surface area contributed by atoms with Crippen LogP contribution in [0.2, 0.25) is 0 Å². The fraction of sp³-hybridized carbons (Fsp3) is 0.533. The zero-order chi connectivity index (χ0) is 13.7. The molecule has 1 fully saturated rings. The summed E-state index contributed by atoms with van der Waals surface area (Å²) >= 11 is 0. The minimum atomic E-state index is 0. The van der Waals surface area contributed by atoms with Crippen molar-refractivity contribution in [2.75, 3.05) is 19.0 Å². The molecule has 20 heavy (non-hydrogen) atoms. The first-order chi connectivity index (χ1) is 9.20. The number of methoxy groups -OCH3 is 1. The number of hydrogen-bond donors (Lipinski definition) is 2. The van der Waals surface area contributed by atoms with Crippen LogP contribution in [0, 0.1) is 5.92 Å². The molecule has 0 saturated carbocycles. The van der Waals surface area contributed by atoms with Gasteiger partial charge in [0.15, 0.2) is 0 Å². The number of benzene rings is 1. The number of rotatable bonds is 4. The molecule has 1 aliphatic heterocycles. The summed E-state index contributed by atoms with van der Waals surface area (Å²) in [5.74, 6) is 0.226. The molecule has 0 aliphatic carbocycles. The summed E-state index contributed by atoms with van der Waals surface area (Å²) in [4.78, 5) is 12.3. The Balaban J connectivity index is 0.00000200. The van der Waals surface area contributed by atoms with Crippen LogP contribution in [0.5, 0.6) is 0 Å². The molecule has 1 aliphatic rings. The van der Waals surface area contributed by atoms with E-state index in [1.807, 2.05) is 24.3 Å². The van der Waals surface area contributed by atoms with Crippen LogP contribution < -0.4 is 10.6 Å². The average molecular weight is 299 g/mol. The first kappa shape index (κ1) is 17.0. The van der Waals surface area contributed by atoms with E-state index in [4.69, 9.17) is 4.74 Å². The van der Waals surface area contributed by atoms with Crippen molar-refractivity contribution in [3.8, 4) is 0 Å². The molecular formula is C15H23ClN2O2. The van der Waals surface area contributed by atoms with Crippen molar-refractivity contribution in [2.45, 2.75) is 32.4 Å². The number of nitrogens with one attached hydrogen (secondary N) is 2. The number of carbonyl (C=O) groups is 1. The van der Waals surface area contributed by atoms with Crippen LogP contribution in [-0.4, -0.2) is 25.6 Å². The molecule has 0 radical (unpaired) electrons. The number of halogens is 1. The van der Waals surface area contributed by atoms with Crippen LogP contribution in [0.15, 0.2) is 24.3 Å². The molecule has 1 aromatic rings. The molecule has 112 valence electrons. The van der Waals surface area contributed by atoms with Gasteiger partial charge in [0, 0.05) is 30.3 Å². The van der Waals surface area contributed by atoms with Gasteiger partial charge in [-0.25, -0.2) is 0 Å². The van der Waals surface area contributed by atoms with Crippen LogP contribution in [0.25, 0.3) is 0 Å². The van der Waals surface area contributed by atoms with Crippen LogP contribution in [0.1, 0.15) is 25.3 Å². The smallest absolute Gasteiger partial charge is 0.227 e. The Kier molecular flexibility index (Phi) is 6.99. The normalized spacial score (nSPS) is 21.9. The lowest BCUT2D eigenvalue weighted by molar-refractivity contribution is -0.120. The maximum Gasteiger partial charge on any atom is 0.227 e. The predicted octanol–water partition coefficient (Wildman–Crippen LogP) is 2.58. The Hall–Kier alpha value is -1.10. The molecule has 1 saturated heterocycles. The molecule has 2 atom stereocenters. The van der Waals surface area contributed by atoms with E-state index < -0.39 is 0 Å². The van der Waals surface area contributed by atoms with Crippen LogP contribution in [0.3, 0.4) is 0 Å². The van der Waals surface area contributed by atoms with Gasteiger partial charge in [0.05, 0.1) is 6.61 Å². The van der Waals surface area contributed by atoms with Crippen LogP contribution in [0.4, 0.5) is 5.69 Å². The summed E-state index contributed by atoms with van der Waals surface area (Å²) in [6.07, 6.45) is 1.81. The first-order valence-electron chi connectivity index (χ1n) is 6.81. The summed E-state index contributed by atoms with van der Waals surface area (Å²) in [7, 11) is 1.66. The second-order valence-corrected chi connectivity index (χ2v) is 5.16. The fourth-order valence-electron chi connectivity index (χ4n) is 2.53. The summed E-state index contributed by atoms with van der Waals surface area (Å²) in [5.41, 5.74) is 1.88. The van der Waals surface area contributed by atoms with E-state index >= 15 is 0 Å². The highest BCUT2D eigenvalue weighted by atomic mass is 35.5. The molecule has 1 aromatic carbocycles. The molecule has 0 unspecified atom stereocenters. The minimum absolute atomic E-state index is 0. The molecule has 2 N–H and O–H groups in total. The standard InChI is InChI=1S/C15H22N2O2.ClH/c1-11-9-12(7-8-16-11)15(18)17-14-6-4-3-5-13(14)10-19-2;/h3-6,11-12,16H,7-10H2,1-2H3,(H,17,18);1H/t11-,12-;/m0./s1. The maximum atomic E-state index is 12.3. The van der Waals surface area contributed by atoms with Crippen molar-refractivity contribution in [3.05, 3.63) is 29.8 Å². The Labute approximate surface area is 126 Å². The second-order valence-electron chi connectivity index (χ2n) is 5.16. The van der Waals surface area contributed by atoms with E-state index in [1.165, 1.54) is 0 Å². The summed E-state index contributed by atoms with van der Waals surface area (Å²) in [5, 5.41) is 6.40. The Bertz CT molecular complexity index is 440. The number of anilines is 1. The van der Waals surface area contributed by atoms with E-state index in [1.54, 1.807) is 7.11 Å². The van der Waals surface area contributed by atoms with Crippen molar-refractivity contribution in [1.29, 1.82) is 0 Å². The predicted molar refractivity (Wildman–Crippen MR) is 83.2 cm³/mol. The molecule has 0 bridgehead atoms. The lowest BCUT2D eigenvalue weighted by Crippen LogP contribution is -2.40. The molecule has 2 rings (SSSR count). The van der Waals surface area contributed by atoms with E-state index in [0.29, 0.717) is 12.6 Å². The van der Waals surface area contributed by atoms with Gasteiger partial charge < -0.3 is 15.4 Å². The van der Waals surface area contributed by atoms with E-state index in [0.717, 1.165) is 30.6 Å². The summed E-state index contributed by atoms with van der Waals surface area (Å²) < 4.78 is 5.15. The molecule has 5 heteroatoms. The van der Waals surface area contributed by atoms with Crippen molar-refractivity contribution in [3.63, 3.8) is 0 Å². The second kappa shape index (κ2) is 8.25. The van der Waals surface area contributed by atoms with Crippen molar-refractivity contribution in [1.82, 2.24) is 5.32 Å². The Morgan fingerprint density at radius 1 is 1.45 bits per heavy atom. The van der Waals surface area contributed by atoms with Gasteiger partial charge in [-0.2, -0.15) is 0 Å². The number of para-hydroxylation sites is 1. The number of hydrogen-bond acceptors (Lipinski definition) is 3. The molecule has 1 heterocycles. The number of piperidine rings is 1. The lowest BCUT2D eigenvalue weighted by atomic mass is 9.92. The average Bonchev–Trinajstić information content (AvgIpc) is 2.41. The van der Waals surface area contributed by atoms with Gasteiger partial charge in [-0.1, -0.05) is 18.2 Å². The Morgan fingerprint density at radius 3 is 2.90 bits per heavy atom. The summed E-state index contributed by atoms with van der Waals surface area (Å²) in [6, 6.07) is 8.20. The van der Waals surface area contributed by atoms with E-state index in [9.17, 15) is 4.79 Å². The number of ether oxygens (including phenoxy) is 1. The summed E-state index contributed by atoms with van der Waals surface area (Å²) in [6.45, 7) is 3.55. The van der Waals surface area contributed by atoms with Gasteiger partial charge in [0.1, 0.15) is 0 Å². The third kappa shape index (κ3) is 4.47.